The summed E-state index contributed by atoms with van der Waals surface area (Å²) < 4.78 is 61.9. The quantitative estimate of drug-likeness (QED) is 0.368. The average molecular weight is 592 g/mol. The molecule has 1 aliphatic heterocycles. The Morgan fingerprint density at radius 3 is 2.13 bits per heavy atom. The normalized spacial score (nSPS) is 14.8. The van der Waals surface area contributed by atoms with Crippen molar-refractivity contribution < 1.29 is 26.4 Å². The van der Waals surface area contributed by atoms with Crippen molar-refractivity contribution in [2.75, 3.05) is 30.2 Å². The molecule has 4 rings (SSSR count). The zero-order valence-corrected chi connectivity index (χ0v) is 24.0. The van der Waals surface area contributed by atoms with Crippen LogP contribution >= 0.6 is 11.6 Å². The van der Waals surface area contributed by atoms with E-state index in [-0.39, 0.29) is 26.1 Å². The summed E-state index contributed by atoms with van der Waals surface area (Å²) in [6.07, 6.45) is 3.46. The van der Waals surface area contributed by atoms with Gasteiger partial charge in [0.1, 0.15) is 10.6 Å². The van der Waals surface area contributed by atoms with Gasteiger partial charge in [-0.2, -0.15) is 4.31 Å². The Labute approximate surface area is 234 Å². The molecule has 0 saturated carbocycles. The highest BCUT2D eigenvalue weighted by molar-refractivity contribution is 7.92. The Morgan fingerprint density at radius 2 is 1.49 bits per heavy atom. The molecule has 1 aliphatic rings. The van der Waals surface area contributed by atoms with Gasteiger partial charge < -0.3 is 10.1 Å². The van der Waals surface area contributed by atoms with E-state index in [2.05, 4.69) is 10.0 Å². The summed E-state index contributed by atoms with van der Waals surface area (Å²) in [6.45, 7) is 2.45. The fourth-order valence-electron chi connectivity index (χ4n) is 4.30. The molecule has 1 saturated heterocycles. The maximum absolute atomic E-state index is 13.3. The van der Waals surface area contributed by atoms with E-state index in [1.807, 2.05) is 0 Å². The minimum atomic E-state index is -3.98. The van der Waals surface area contributed by atoms with Gasteiger partial charge in [-0.25, -0.2) is 16.8 Å². The van der Waals surface area contributed by atoms with Crippen LogP contribution in [0, 0.1) is 6.92 Å². The SMILES string of the molecule is COc1ccc(NS(=O)(=O)c2cc(NC(=O)c3ccc(Cl)c(S(=O)(=O)N4CCCCCC4)c3)ccc2C)cc1. The highest BCUT2D eigenvalue weighted by Gasteiger charge is 2.28. The third-order valence-corrected chi connectivity index (χ3v) is 10.4. The summed E-state index contributed by atoms with van der Waals surface area (Å²) in [4.78, 5) is 12.9. The van der Waals surface area contributed by atoms with E-state index in [9.17, 15) is 21.6 Å². The second-order valence-corrected chi connectivity index (χ2v) is 13.2. The maximum atomic E-state index is 13.3. The summed E-state index contributed by atoms with van der Waals surface area (Å²) in [7, 11) is -6.35. The van der Waals surface area contributed by atoms with Crippen molar-refractivity contribution in [1.29, 1.82) is 0 Å². The Bertz CT molecular complexity index is 1570. The average Bonchev–Trinajstić information content (AvgIpc) is 3.20. The number of benzene rings is 3. The molecule has 2 N–H and O–H groups in total. The number of anilines is 2. The Balaban J connectivity index is 1.56. The third kappa shape index (κ3) is 6.73. The smallest absolute Gasteiger partial charge is 0.262 e. The van der Waals surface area contributed by atoms with Crippen LogP contribution in [0.3, 0.4) is 0 Å². The third-order valence-electron chi connectivity index (χ3n) is 6.45. The topological polar surface area (TPSA) is 122 Å². The van der Waals surface area contributed by atoms with Crippen molar-refractivity contribution >= 4 is 48.9 Å². The lowest BCUT2D eigenvalue weighted by Gasteiger charge is -2.21. The highest BCUT2D eigenvalue weighted by atomic mass is 35.5. The van der Waals surface area contributed by atoms with Crippen LogP contribution in [0.15, 0.2) is 70.5 Å². The van der Waals surface area contributed by atoms with Crippen LogP contribution in [0.5, 0.6) is 5.75 Å². The molecule has 9 nitrogen and oxygen atoms in total. The van der Waals surface area contributed by atoms with E-state index >= 15 is 0 Å². The number of ether oxygens (including phenoxy) is 1. The lowest BCUT2D eigenvalue weighted by Crippen LogP contribution is -2.32. The molecular formula is C27H30ClN3O6S2. The minimum Gasteiger partial charge on any atom is -0.497 e. The van der Waals surface area contributed by atoms with Gasteiger partial charge in [-0.05, 0) is 79.9 Å². The summed E-state index contributed by atoms with van der Waals surface area (Å²) in [6, 6.07) is 15.0. The molecule has 0 aromatic heterocycles. The van der Waals surface area contributed by atoms with E-state index in [4.69, 9.17) is 16.3 Å². The second-order valence-electron chi connectivity index (χ2n) is 9.23. The number of halogens is 1. The van der Waals surface area contributed by atoms with E-state index in [1.54, 1.807) is 43.3 Å². The number of methoxy groups -OCH3 is 1. The van der Waals surface area contributed by atoms with Gasteiger partial charge in [0.2, 0.25) is 10.0 Å². The zero-order valence-electron chi connectivity index (χ0n) is 21.6. The highest BCUT2D eigenvalue weighted by Crippen LogP contribution is 2.29. The van der Waals surface area contributed by atoms with Crippen molar-refractivity contribution in [3.63, 3.8) is 0 Å². The van der Waals surface area contributed by atoms with Gasteiger partial charge in [-0.1, -0.05) is 30.5 Å². The van der Waals surface area contributed by atoms with Gasteiger partial charge in [0.05, 0.1) is 17.0 Å². The van der Waals surface area contributed by atoms with Gasteiger partial charge in [-0.15, -0.1) is 0 Å². The number of hydrogen-bond donors (Lipinski definition) is 2. The van der Waals surface area contributed by atoms with Crippen LogP contribution in [-0.2, 0) is 20.0 Å². The number of nitrogens with zero attached hydrogens (tertiary/aromatic N) is 1. The van der Waals surface area contributed by atoms with Crippen molar-refractivity contribution in [2.45, 2.75) is 42.4 Å². The molecule has 0 spiro atoms. The molecule has 0 unspecified atom stereocenters. The summed E-state index contributed by atoms with van der Waals surface area (Å²) >= 11 is 6.26. The van der Waals surface area contributed by atoms with Gasteiger partial charge in [0.25, 0.3) is 15.9 Å². The van der Waals surface area contributed by atoms with Gasteiger partial charge in [0, 0.05) is 30.0 Å². The largest absolute Gasteiger partial charge is 0.497 e. The molecule has 208 valence electrons. The first-order chi connectivity index (χ1) is 18.5. The Morgan fingerprint density at radius 1 is 0.846 bits per heavy atom. The molecule has 1 amide bonds. The number of nitrogens with one attached hydrogen (secondary N) is 2. The van der Waals surface area contributed by atoms with Crippen LogP contribution in [0.1, 0.15) is 41.6 Å². The Hall–Kier alpha value is -3.12. The zero-order chi connectivity index (χ0) is 28.2. The van der Waals surface area contributed by atoms with E-state index < -0.39 is 26.0 Å². The number of rotatable bonds is 8. The standard InChI is InChI=1S/C27H30ClN3O6S2/c1-19-7-9-22(18-25(19)38(33,34)30-21-10-12-23(37-2)13-11-21)29-27(32)20-8-14-24(28)26(17-20)39(35,36)31-15-5-3-4-6-16-31/h7-14,17-18,30H,3-6,15-16H2,1-2H3,(H,29,32). The second kappa shape index (κ2) is 12.0. The van der Waals surface area contributed by atoms with Crippen molar-refractivity contribution in [1.82, 2.24) is 4.31 Å². The summed E-state index contributed by atoms with van der Waals surface area (Å²) in [5.74, 6) is -0.0160. The molecule has 3 aromatic carbocycles. The van der Waals surface area contributed by atoms with Crippen LogP contribution in [0.25, 0.3) is 0 Å². The van der Waals surface area contributed by atoms with Gasteiger partial charge in [0.15, 0.2) is 0 Å². The molecule has 39 heavy (non-hydrogen) atoms. The monoisotopic (exact) mass is 591 g/mol. The lowest BCUT2D eigenvalue weighted by atomic mass is 10.2. The predicted molar refractivity (Wildman–Crippen MR) is 152 cm³/mol. The van der Waals surface area contributed by atoms with E-state index in [0.717, 1.165) is 25.7 Å². The van der Waals surface area contributed by atoms with Crippen LogP contribution in [0.4, 0.5) is 11.4 Å². The van der Waals surface area contributed by atoms with Crippen LogP contribution in [-0.4, -0.2) is 47.2 Å². The Kier molecular flexibility index (Phi) is 8.85. The molecule has 1 heterocycles. The fourth-order valence-corrected chi connectivity index (χ4v) is 7.65. The van der Waals surface area contributed by atoms with E-state index in [1.165, 1.54) is 35.7 Å². The number of sulfonamides is 2. The van der Waals surface area contributed by atoms with Gasteiger partial charge >= 0.3 is 0 Å². The number of carbonyl (C=O) groups is 1. The molecular weight excluding hydrogens is 562 g/mol. The number of amides is 1. The van der Waals surface area contributed by atoms with Crippen LogP contribution < -0.4 is 14.8 Å². The van der Waals surface area contributed by atoms with Crippen molar-refractivity contribution in [3.8, 4) is 5.75 Å². The van der Waals surface area contributed by atoms with E-state index in [0.29, 0.717) is 30.1 Å². The predicted octanol–water partition coefficient (Wildman–Crippen LogP) is 5.27. The first-order valence-corrected chi connectivity index (χ1v) is 15.7. The molecule has 0 atom stereocenters. The molecule has 0 bridgehead atoms. The lowest BCUT2D eigenvalue weighted by molar-refractivity contribution is 0.102. The molecule has 0 radical (unpaired) electrons. The first kappa shape index (κ1) is 28.9. The van der Waals surface area contributed by atoms with Crippen molar-refractivity contribution in [2.24, 2.45) is 0 Å². The maximum Gasteiger partial charge on any atom is 0.262 e. The van der Waals surface area contributed by atoms with Gasteiger partial charge in [-0.3, -0.25) is 9.52 Å². The van der Waals surface area contributed by atoms with Crippen LogP contribution in [0.2, 0.25) is 5.02 Å². The van der Waals surface area contributed by atoms with Crippen molar-refractivity contribution in [3.05, 3.63) is 76.8 Å². The molecule has 12 heteroatoms. The summed E-state index contributed by atoms with van der Waals surface area (Å²) in [5, 5.41) is 2.70. The minimum absolute atomic E-state index is 0.0170. The summed E-state index contributed by atoms with van der Waals surface area (Å²) in [5.41, 5.74) is 1.14. The molecule has 3 aromatic rings. The number of hydrogen-bond acceptors (Lipinski definition) is 6. The number of aryl methyl sites for hydroxylation is 1. The fraction of sp³-hybridized carbons (Fsp3) is 0.296. The number of carbonyl (C=O) groups excluding carboxylic acids is 1. The molecule has 1 fully saturated rings. The molecule has 0 aliphatic carbocycles. The first-order valence-electron chi connectivity index (χ1n) is 12.4.